The maximum absolute atomic E-state index is 13.2. The van der Waals surface area contributed by atoms with Crippen molar-refractivity contribution in [2.24, 2.45) is 0 Å². The Balaban J connectivity index is 1.87. The van der Waals surface area contributed by atoms with Crippen molar-refractivity contribution in [1.82, 2.24) is 4.90 Å². The summed E-state index contributed by atoms with van der Waals surface area (Å²) in [4.78, 5) is 27.2. The number of rotatable bonds is 1. The van der Waals surface area contributed by atoms with Crippen molar-refractivity contribution in [2.75, 3.05) is 7.11 Å². The zero-order valence-electron chi connectivity index (χ0n) is 14.7. The molecule has 0 saturated heterocycles. The molecule has 0 bridgehead atoms. The second kappa shape index (κ2) is 5.45. The van der Waals surface area contributed by atoms with E-state index in [4.69, 9.17) is 4.74 Å². The fourth-order valence-corrected chi connectivity index (χ4v) is 4.32. The maximum Gasteiger partial charge on any atom is 0.338 e. The molecule has 0 N–H and O–H groups in total. The topological polar surface area (TPSA) is 46.6 Å². The summed E-state index contributed by atoms with van der Waals surface area (Å²) in [7, 11) is 1.35. The Hall–Kier alpha value is -2.62. The summed E-state index contributed by atoms with van der Waals surface area (Å²) in [5.41, 5.74) is 4.23. The molecule has 0 spiro atoms. The Bertz CT molecular complexity index is 884. The normalized spacial score (nSPS) is 20.4. The monoisotopic (exact) mass is 335 g/mol. The largest absolute Gasteiger partial charge is 0.465 e. The SMILES string of the molecule is COC(=O)c1cccc2c1C(=O)N1Cc3ccccc3C(C)(C)C[C@H]21. The molecule has 0 saturated carbocycles. The summed E-state index contributed by atoms with van der Waals surface area (Å²) < 4.78 is 4.88. The second-order valence-electron chi connectivity index (χ2n) is 7.46. The van der Waals surface area contributed by atoms with Crippen LogP contribution in [0.3, 0.4) is 0 Å². The van der Waals surface area contributed by atoms with Crippen molar-refractivity contribution in [1.29, 1.82) is 0 Å². The van der Waals surface area contributed by atoms with E-state index in [-0.39, 0.29) is 17.4 Å². The van der Waals surface area contributed by atoms with E-state index < -0.39 is 5.97 Å². The van der Waals surface area contributed by atoms with E-state index in [1.807, 2.05) is 23.1 Å². The third kappa shape index (κ3) is 2.28. The molecule has 2 heterocycles. The summed E-state index contributed by atoms with van der Waals surface area (Å²) in [5, 5.41) is 0. The molecular formula is C21H21NO3. The van der Waals surface area contributed by atoms with Crippen molar-refractivity contribution in [3.8, 4) is 0 Å². The third-order valence-corrected chi connectivity index (χ3v) is 5.50. The Morgan fingerprint density at radius 1 is 1.16 bits per heavy atom. The number of nitrogens with zero attached hydrogens (tertiary/aromatic N) is 1. The molecule has 128 valence electrons. The number of benzene rings is 2. The van der Waals surface area contributed by atoms with E-state index in [1.165, 1.54) is 18.2 Å². The van der Waals surface area contributed by atoms with Crippen LogP contribution in [0.4, 0.5) is 0 Å². The van der Waals surface area contributed by atoms with Gasteiger partial charge in [-0.15, -0.1) is 0 Å². The van der Waals surface area contributed by atoms with Gasteiger partial charge in [-0.25, -0.2) is 4.79 Å². The minimum Gasteiger partial charge on any atom is -0.465 e. The molecule has 4 nitrogen and oxygen atoms in total. The van der Waals surface area contributed by atoms with Gasteiger partial charge in [0.25, 0.3) is 5.91 Å². The van der Waals surface area contributed by atoms with Gasteiger partial charge in [0.15, 0.2) is 0 Å². The number of ether oxygens (including phenoxy) is 1. The zero-order chi connectivity index (χ0) is 17.8. The molecule has 2 aliphatic rings. The smallest absolute Gasteiger partial charge is 0.338 e. The number of carbonyl (C=O) groups is 2. The van der Waals surface area contributed by atoms with Crippen LogP contribution in [0.2, 0.25) is 0 Å². The average molecular weight is 335 g/mol. The molecule has 0 fully saturated rings. The first kappa shape index (κ1) is 15.9. The summed E-state index contributed by atoms with van der Waals surface area (Å²) in [5.74, 6) is -0.531. The standard InChI is InChI=1S/C21H21NO3/c1-21(2)11-17-14-8-6-9-15(20(24)25-3)18(14)19(23)22(17)12-13-7-4-5-10-16(13)21/h4-10,17H,11-12H2,1-3H3/t17-/m1/s1. The lowest BCUT2D eigenvalue weighted by molar-refractivity contribution is 0.0589. The molecule has 4 heteroatoms. The molecule has 25 heavy (non-hydrogen) atoms. The molecule has 2 aliphatic heterocycles. The number of esters is 1. The number of methoxy groups -OCH3 is 1. The zero-order valence-corrected chi connectivity index (χ0v) is 14.7. The van der Waals surface area contributed by atoms with Crippen LogP contribution in [0.1, 0.15) is 63.7 Å². The molecule has 0 aromatic heterocycles. The predicted octanol–water partition coefficient (Wildman–Crippen LogP) is 3.85. The highest BCUT2D eigenvalue weighted by molar-refractivity contribution is 6.08. The number of fused-ring (bicyclic) bond motifs is 4. The Morgan fingerprint density at radius 3 is 2.68 bits per heavy atom. The summed E-state index contributed by atoms with van der Waals surface area (Å²) in [6.45, 7) is 5.02. The second-order valence-corrected chi connectivity index (χ2v) is 7.46. The molecule has 0 unspecified atom stereocenters. The van der Waals surface area contributed by atoms with E-state index in [0.29, 0.717) is 17.7 Å². The average Bonchev–Trinajstić information content (AvgIpc) is 2.79. The van der Waals surface area contributed by atoms with Crippen molar-refractivity contribution in [3.63, 3.8) is 0 Å². The molecule has 2 aromatic carbocycles. The molecule has 1 atom stereocenters. The summed E-state index contributed by atoms with van der Waals surface area (Å²) in [6, 6.07) is 13.8. The first-order valence-corrected chi connectivity index (χ1v) is 8.54. The minimum atomic E-state index is -0.456. The highest BCUT2D eigenvalue weighted by atomic mass is 16.5. The van der Waals surface area contributed by atoms with Gasteiger partial charge in [-0.1, -0.05) is 50.2 Å². The molecule has 4 rings (SSSR count). The van der Waals surface area contributed by atoms with Gasteiger partial charge in [-0.05, 0) is 34.6 Å². The Morgan fingerprint density at radius 2 is 1.92 bits per heavy atom. The maximum atomic E-state index is 13.2. The predicted molar refractivity (Wildman–Crippen MR) is 94.5 cm³/mol. The molecule has 0 radical (unpaired) electrons. The molecule has 1 amide bonds. The van der Waals surface area contributed by atoms with Gasteiger partial charge in [0.1, 0.15) is 0 Å². The molecule has 0 aliphatic carbocycles. The van der Waals surface area contributed by atoms with Gasteiger partial charge in [0.2, 0.25) is 0 Å². The van der Waals surface area contributed by atoms with E-state index in [1.54, 1.807) is 6.07 Å². The van der Waals surface area contributed by atoms with Crippen LogP contribution >= 0.6 is 0 Å². The van der Waals surface area contributed by atoms with E-state index in [0.717, 1.165) is 12.0 Å². The third-order valence-electron chi connectivity index (χ3n) is 5.50. The number of hydrogen-bond donors (Lipinski definition) is 0. The summed E-state index contributed by atoms with van der Waals surface area (Å²) >= 11 is 0. The fourth-order valence-electron chi connectivity index (χ4n) is 4.32. The van der Waals surface area contributed by atoms with Gasteiger partial charge < -0.3 is 9.64 Å². The number of amides is 1. The van der Waals surface area contributed by atoms with E-state index in [9.17, 15) is 9.59 Å². The summed E-state index contributed by atoms with van der Waals surface area (Å²) in [6.07, 6.45) is 0.827. The Kier molecular flexibility index (Phi) is 3.46. The minimum absolute atomic E-state index is 0.0190. The van der Waals surface area contributed by atoms with Crippen molar-refractivity contribution in [2.45, 2.75) is 38.3 Å². The molecular weight excluding hydrogens is 314 g/mol. The first-order valence-electron chi connectivity index (χ1n) is 8.54. The van der Waals surface area contributed by atoms with Crippen LogP contribution in [-0.4, -0.2) is 23.9 Å². The number of hydrogen-bond acceptors (Lipinski definition) is 3. The quantitative estimate of drug-likeness (QED) is 0.744. The van der Waals surface area contributed by atoms with E-state index >= 15 is 0 Å². The van der Waals surface area contributed by atoms with Crippen molar-refractivity contribution >= 4 is 11.9 Å². The lowest BCUT2D eigenvalue weighted by Crippen LogP contribution is -2.28. The Labute approximate surface area is 147 Å². The van der Waals surface area contributed by atoms with Crippen molar-refractivity contribution in [3.05, 3.63) is 70.3 Å². The van der Waals surface area contributed by atoms with Crippen LogP contribution in [0.15, 0.2) is 42.5 Å². The van der Waals surface area contributed by atoms with Gasteiger partial charge in [-0.3, -0.25) is 4.79 Å². The van der Waals surface area contributed by atoms with Crippen LogP contribution in [-0.2, 0) is 16.7 Å². The first-order chi connectivity index (χ1) is 11.9. The molecule has 2 aromatic rings. The van der Waals surface area contributed by atoms with Crippen LogP contribution < -0.4 is 0 Å². The van der Waals surface area contributed by atoms with Crippen LogP contribution in [0.25, 0.3) is 0 Å². The van der Waals surface area contributed by atoms with Gasteiger partial charge >= 0.3 is 5.97 Å². The van der Waals surface area contributed by atoms with Gasteiger partial charge in [0, 0.05) is 6.54 Å². The van der Waals surface area contributed by atoms with Crippen LogP contribution in [0, 0.1) is 0 Å². The highest BCUT2D eigenvalue weighted by Gasteiger charge is 2.44. The lowest BCUT2D eigenvalue weighted by Gasteiger charge is -2.29. The lowest BCUT2D eigenvalue weighted by atomic mass is 9.77. The van der Waals surface area contributed by atoms with Crippen molar-refractivity contribution < 1.29 is 14.3 Å². The van der Waals surface area contributed by atoms with E-state index in [2.05, 4.69) is 32.0 Å². The van der Waals surface area contributed by atoms with Gasteiger partial charge in [-0.2, -0.15) is 0 Å². The highest BCUT2D eigenvalue weighted by Crippen LogP contribution is 2.47. The van der Waals surface area contributed by atoms with Crippen LogP contribution in [0.5, 0.6) is 0 Å². The number of carbonyl (C=O) groups excluding carboxylic acids is 2. The fraction of sp³-hybridized carbons (Fsp3) is 0.333. The van der Waals surface area contributed by atoms with Gasteiger partial charge in [0.05, 0.1) is 24.3 Å².